The first-order valence-electron chi connectivity index (χ1n) is 6.20. The van der Waals surface area contributed by atoms with Gasteiger partial charge in [0.15, 0.2) is 0 Å². The molecule has 0 saturated heterocycles. The number of carbonyl (C=O) groups excluding carboxylic acids is 1. The summed E-state index contributed by atoms with van der Waals surface area (Å²) in [5.74, 6) is -0.289. The molecule has 0 radical (unpaired) electrons. The zero-order valence-corrected chi connectivity index (χ0v) is 10.6. The van der Waals surface area contributed by atoms with E-state index in [0.29, 0.717) is 6.42 Å². The van der Waals surface area contributed by atoms with Gasteiger partial charge in [0.2, 0.25) is 5.91 Å². The molecule has 1 heterocycles. The van der Waals surface area contributed by atoms with Gasteiger partial charge in [-0.2, -0.15) is 0 Å². The molecule has 0 bridgehead atoms. The molecule has 1 unspecified atom stereocenters. The highest BCUT2D eigenvalue weighted by molar-refractivity contribution is 5.74. The molecule has 17 heavy (non-hydrogen) atoms. The van der Waals surface area contributed by atoms with E-state index in [4.69, 9.17) is 5.73 Å². The molecular formula is C12H22N4O. The molecule has 3 N–H and O–H groups in total. The molecule has 0 aromatic carbocycles. The normalized spacial score (nSPS) is 12.6. The minimum Gasteiger partial charge on any atom is -0.370 e. The van der Waals surface area contributed by atoms with E-state index in [1.807, 2.05) is 6.20 Å². The number of rotatable bonds is 8. The van der Waals surface area contributed by atoms with Gasteiger partial charge in [0.25, 0.3) is 0 Å². The second-order valence-corrected chi connectivity index (χ2v) is 4.19. The van der Waals surface area contributed by atoms with E-state index in [0.717, 1.165) is 31.6 Å². The van der Waals surface area contributed by atoms with Crippen molar-refractivity contribution in [1.29, 1.82) is 0 Å². The van der Waals surface area contributed by atoms with Crippen LogP contribution in [-0.2, 0) is 11.3 Å². The Morgan fingerprint density at radius 2 is 2.29 bits per heavy atom. The summed E-state index contributed by atoms with van der Waals surface area (Å²) >= 11 is 0. The fourth-order valence-corrected chi connectivity index (χ4v) is 1.85. The Bertz CT molecular complexity index is 348. The predicted octanol–water partition coefficient (Wildman–Crippen LogP) is 1.21. The van der Waals surface area contributed by atoms with E-state index < -0.39 is 0 Å². The number of nitrogens with one attached hydrogen (secondary N) is 1. The number of imidazole rings is 1. The molecular weight excluding hydrogens is 216 g/mol. The number of aryl methyl sites for hydroxylation is 1. The lowest BCUT2D eigenvalue weighted by Gasteiger charge is -2.18. The van der Waals surface area contributed by atoms with Crippen LogP contribution in [0.2, 0.25) is 0 Å². The van der Waals surface area contributed by atoms with Gasteiger partial charge in [0.1, 0.15) is 0 Å². The highest BCUT2D eigenvalue weighted by atomic mass is 16.1. The zero-order chi connectivity index (χ0) is 12.7. The number of aromatic nitrogens is 2. The van der Waals surface area contributed by atoms with Crippen molar-refractivity contribution in [2.45, 2.75) is 45.7 Å². The van der Waals surface area contributed by atoms with Gasteiger partial charge in [-0.05, 0) is 19.4 Å². The Kier molecular flexibility index (Phi) is 5.69. The Balaban J connectivity index is 2.78. The van der Waals surface area contributed by atoms with Crippen LogP contribution in [0.1, 0.15) is 44.8 Å². The molecule has 0 spiro atoms. The number of carbonyl (C=O) groups is 1. The lowest BCUT2D eigenvalue weighted by atomic mass is 10.1. The molecule has 1 atom stereocenters. The van der Waals surface area contributed by atoms with Crippen LogP contribution in [0.15, 0.2) is 12.5 Å². The molecule has 5 heteroatoms. The van der Waals surface area contributed by atoms with Gasteiger partial charge in [-0.1, -0.05) is 13.8 Å². The van der Waals surface area contributed by atoms with Crippen molar-refractivity contribution in [3.05, 3.63) is 18.2 Å². The second-order valence-electron chi connectivity index (χ2n) is 4.19. The maximum Gasteiger partial charge on any atom is 0.219 e. The van der Waals surface area contributed by atoms with Gasteiger partial charge in [-0.15, -0.1) is 0 Å². The van der Waals surface area contributed by atoms with Crippen LogP contribution in [0.4, 0.5) is 0 Å². The average Bonchev–Trinajstić information content (AvgIpc) is 2.72. The van der Waals surface area contributed by atoms with Crippen molar-refractivity contribution in [1.82, 2.24) is 14.9 Å². The molecule has 0 saturated carbocycles. The first kappa shape index (κ1) is 13.7. The monoisotopic (exact) mass is 238 g/mol. The molecule has 0 aliphatic carbocycles. The first-order chi connectivity index (χ1) is 8.19. The Labute approximate surface area is 102 Å². The smallest absolute Gasteiger partial charge is 0.219 e. The van der Waals surface area contributed by atoms with Gasteiger partial charge in [0.05, 0.1) is 18.1 Å². The van der Waals surface area contributed by atoms with E-state index in [2.05, 4.69) is 28.7 Å². The van der Waals surface area contributed by atoms with Crippen LogP contribution in [0.25, 0.3) is 0 Å². The van der Waals surface area contributed by atoms with Crippen LogP contribution in [0.5, 0.6) is 0 Å². The zero-order valence-electron chi connectivity index (χ0n) is 10.6. The number of hydrogen-bond acceptors (Lipinski definition) is 3. The molecule has 1 rings (SSSR count). The van der Waals surface area contributed by atoms with E-state index in [9.17, 15) is 4.79 Å². The van der Waals surface area contributed by atoms with Gasteiger partial charge in [-0.3, -0.25) is 4.79 Å². The maximum absolute atomic E-state index is 11.1. The molecule has 0 aliphatic rings. The maximum atomic E-state index is 11.1. The molecule has 0 fully saturated rings. The van der Waals surface area contributed by atoms with Crippen molar-refractivity contribution >= 4 is 5.91 Å². The molecule has 1 amide bonds. The predicted molar refractivity (Wildman–Crippen MR) is 67.4 cm³/mol. The Morgan fingerprint density at radius 3 is 2.88 bits per heavy atom. The largest absolute Gasteiger partial charge is 0.370 e. The van der Waals surface area contributed by atoms with Crippen LogP contribution in [-0.4, -0.2) is 22.0 Å². The molecule has 1 aromatic rings. The summed E-state index contributed by atoms with van der Waals surface area (Å²) in [5.41, 5.74) is 6.33. The van der Waals surface area contributed by atoms with Crippen molar-refractivity contribution < 1.29 is 4.79 Å². The highest BCUT2D eigenvalue weighted by Crippen LogP contribution is 2.16. The summed E-state index contributed by atoms with van der Waals surface area (Å²) in [6, 6.07) is -0.0264. The SMILES string of the molecule is CCCNC(CC(N)=O)c1cncn1CCC. The summed E-state index contributed by atoms with van der Waals surface area (Å²) in [5, 5.41) is 3.34. The van der Waals surface area contributed by atoms with Crippen molar-refractivity contribution in [2.24, 2.45) is 5.73 Å². The van der Waals surface area contributed by atoms with Gasteiger partial charge >= 0.3 is 0 Å². The number of nitrogens with zero attached hydrogens (tertiary/aromatic N) is 2. The third kappa shape index (κ3) is 4.19. The summed E-state index contributed by atoms with van der Waals surface area (Å²) in [6.07, 6.45) is 6.00. The summed E-state index contributed by atoms with van der Waals surface area (Å²) in [6.45, 7) is 6.00. The van der Waals surface area contributed by atoms with Crippen molar-refractivity contribution in [3.63, 3.8) is 0 Å². The first-order valence-corrected chi connectivity index (χ1v) is 6.20. The van der Waals surface area contributed by atoms with Crippen LogP contribution >= 0.6 is 0 Å². The van der Waals surface area contributed by atoms with Crippen LogP contribution < -0.4 is 11.1 Å². The number of amides is 1. The molecule has 5 nitrogen and oxygen atoms in total. The minimum atomic E-state index is -0.289. The Hall–Kier alpha value is -1.36. The third-order valence-corrected chi connectivity index (χ3v) is 2.61. The lowest BCUT2D eigenvalue weighted by Crippen LogP contribution is -2.29. The molecule has 96 valence electrons. The van der Waals surface area contributed by atoms with Crippen LogP contribution in [0.3, 0.4) is 0 Å². The summed E-state index contributed by atoms with van der Waals surface area (Å²) in [4.78, 5) is 15.2. The van der Waals surface area contributed by atoms with Crippen molar-refractivity contribution in [3.8, 4) is 0 Å². The third-order valence-electron chi connectivity index (χ3n) is 2.61. The summed E-state index contributed by atoms with van der Waals surface area (Å²) in [7, 11) is 0. The van der Waals surface area contributed by atoms with E-state index >= 15 is 0 Å². The minimum absolute atomic E-state index is 0.0264. The van der Waals surface area contributed by atoms with E-state index in [1.54, 1.807) is 6.33 Å². The van der Waals surface area contributed by atoms with Gasteiger partial charge in [-0.25, -0.2) is 4.98 Å². The van der Waals surface area contributed by atoms with Gasteiger partial charge in [0, 0.05) is 19.2 Å². The second kappa shape index (κ2) is 7.06. The summed E-state index contributed by atoms with van der Waals surface area (Å²) < 4.78 is 2.08. The standard InChI is InChI=1S/C12H22N4O/c1-3-5-15-10(7-12(13)17)11-8-14-9-16(11)6-4-2/h8-10,15H,3-7H2,1-2H3,(H2,13,17). The number of nitrogens with two attached hydrogens (primary N) is 1. The van der Waals surface area contributed by atoms with Crippen LogP contribution in [0, 0.1) is 0 Å². The number of primary amides is 1. The molecule has 1 aromatic heterocycles. The fourth-order valence-electron chi connectivity index (χ4n) is 1.85. The molecule has 0 aliphatic heterocycles. The van der Waals surface area contributed by atoms with E-state index in [1.165, 1.54) is 0 Å². The van der Waals surface area contributed by atoms with E-state index in [-0.39, 0.29) is 11.9 Å². The quantitative estimate of drug-likeness (QED) is 0.715. The highest BCUT2D eigenvalue weighted by Gasteiger charge is 2.17. The lowest BCUT2D eigenvalue weighted by molar-refractivity contribution is -0.118. The topological polar surface area (TPSA) is 72.9 Å². The van der Waals surface area contributed by atoms with Gasteiger partial charge < -0.3 is 15.6 Å². The number of hydrogen-bond donors (Lipinski definition) is 2. The Morgan fingerprint density at radius 1 is 1.53 bits per heavy atom. The van der Waals surface area contributed by atoms with Crippen molar-refractivity contribution in [2.75, 3.05) is 6.54 Å². The fraction of sp³-hybridized carbons (Fsp3) is 0.667. The average molecular weight is 238 g/mol.